The molecule has 0 aliphatic carbocycles. The van der Waals surface area contributed by atoms with Crippen LogP contribution in [-0.2, 0) is 18.8 Å². The molecule has 7 heteroatoms. The first-order valence-corrected chi connectivity index (χ1v) is 7.80. The maximum atomic E-state index is 12.0. The van der Waals surface area contributed by atoms with Gasteiger partial charge in [0.05, 0.1) is 16.6 Å². The van der Waals surface area contributed by atoms with Crippen LogP contribution in [0.4, 0.5) is 8.78 Å². The van der Waals surface area contributed by atoms with Crippen molar-refractivity contribution in [1.82, 2.24) is 5.32 Å². The van der Waals surface area contributed by atoms with E-state index in [1.807, 2.05) is 12.1 Å². The Hall–Kier alpha value is -0.560. The molecule has 0 saturated carbocycles. The van der Waals surface area contributed by atoms with Crippen LogP contribution in [0.15, 0.2) is 28.7 Å². The van der Waals surface area contributed by atoms with Crippen molar-refractivity contribution in [3.05, 3.63) is 45.0 Å². The van der Waals surface area contributed by atoms with E-state index in [1.165, 1.54) is 11.3 Å². The van der Waals surface area contributed by atoms with E-state index in [9.17, 15) is 8.78 Å². The van der Waals surface area contributed by atoms with Crippen LogP contribution in [0.3, 0.4) is 0 Å². The number of rotatable bonds is 7. The summed E-state index contributed by atoms with van der Waals surface area (Å²) < 4.78 is 30.2. The SMILES string of the molecule is FC(F)SCc1ccc(CNCc2ccc(Cl)s2)o1. The predicted octanol–water partition coefficient (Wildman–Crippen LogP) is 4.74. The largest absolute Gasteiger partial charge is 0.464 e. The van der Waals surface area contributed by atoms with Crippen LogP contribution in [0.2, 0.25) is 4.34 Å². The van der Waals surface area contributed by atoms with Gasteiger partial charge in [-0.2, -0.15) is 8.78 Å². The molecular formula is C12H12ClF2NOS2. The average molecular weight is 324 g/mol. The maximum absolute atomic E-state index is 12.0. The molecule has 104 valence electrons. The zero-order chi connectivity index (χ0) is 13.7. The van der Waals surface area contributed by atoms with E-state index < -0.39 is 5.76 Å². The average Bonchev–Trinajstić information content (AvgIpc) is 2.96. The molecule has 2 aromatic heterocycles. The minimum Gasteiger partial charge on any atom is -0.464 e. The Morgan fingerprint density at radius 2 is 2.00 bits per heavy atom. The lowest BCUT2D eigenvalue weighted by atomic mass is 10.4. The van der Waals surface area contributed by atoms with Crippen LogP contribution in [0.1, 0.15) is 16.4 Å². The zero-order valence-corrected chi connectivity index (χ0v) is 12.3. The van der Waals surface area contributed by atoms with Crippen molar-refractivity contribution < 1.29 is 13.2 Å². The minimum absolute atomic E-state index is 0.193. The number of alkyl halides is 2. The Morgan fingerprint density at radius 3 is 2.68 bits per heavy atom. The van der Waals surface area contributed by atoms with Gasteiger partial charge in [-0.15, -0.1) is 11.3 Å². The third kappa shape index (κ3) is 5.14. The van der Waals surface area contributed by atoms with Gasteiger partial charge in [-0.25, -0.2) is 0 Å². The molecule has 0 aliphatic heterocycles. The molecule has 0 aromatic carbocycles. The number of hydrogen-bond donors (Lipinski definition) is 1. The van der Waals surface area contributed by atoms with E-state index in [2.05, 4.69) is 5.32 Å². The molecule has 0 unspecified atom stereocenters. The topological polar surface area (TPSA) is 25.2 Å². The highest BCUT2D eigenvalue weighted by molar-refractivity contribution is 7.98. The number of nitrogens with one attached hydrogen (secondary N) is 1. The second-order valence-electron chi connectivity index (χ2n) is 3.75. The quantitative estimate of drug-likeness (QED) is 0.796. The van der Waals surface area contributed by atoms with Gasteiger partial charge in [0.25, 0.3) is 5.76 Å². The van der Waals surface area contributed by atoms with Gasteiger partial charge in [0.2, 0.25) is 0 Å². The van der Waals surface area contributed by atoms with Crippen molar-refractivity contribution >= 4 is 34.7 Å². The highest BCUT2D eigenvalue weighted by Crippen LogP contribution is 2.22. The van der Waals surface area contributed by atoms with E-state index in [1.54, 1.807) is 12.1 Å². The lowest BCUT2D eigenvalue weighted by molar-refractivity contribution is 0.251. The lowest BCUT2D eigenvalue weighted by Gasteiger charge is -2.00. The Balaban J connectivity index is 1.74. The fraction of sp³-hybridized carbons (Fsp3) is 0.333. The summed E-state index contributed by atoms with van der Waals surface area (Å²) in [5.74, 6) is -0.859. The third-order valence-electron chi connectivity index (χ3n) is 2.30. The van der Waals surface area contributed by atoms with Gasteiger partial charge in [0, 0.05) is 11.4 Å². The Morgan fingerprint density at radius 1 is 1.21 bits per heavy atom. The molecule has 0 fully saturated rings. The first-order chi connectivity index (χ1) is 9.13. The first kappa shape index (κ1) is 14.8. The van der Waals surface area contributed by atoms with Crippen molar-refractivity contribution in [3.63, 3.8) is 0 Å². The van der Waals surface area contributed by atoms with Gasteiger partial charge >= 0.3 is 0 Å². The summed E-state index contributed by atoms with van der Waals surface area (Å²) in [5.41, 5.74) is 0. The Labute approximate surface area is 123 Å². The van der Waals surface area contributed by atoms with Gasteiger partial charge in [0.15, 0.2) is 0 Å². The molecule has 19 heavy (non-hydrogen) atoms. The number of furan rings is 1. The predicted molar refractivity (Wildman–Crippen MR) is 75.9 cm³/mol. The van der Waals surface area contributed by atoms with E-state index in [-0.39, 0.29) is 5.75 Å². The Kier molecular flexibility index (Phi) is 5.69. The number of thiophene rings is 1. The van der Waals surface area contributed by atoms with Crippen molar-refractivity contribution in [2.24, 2.45) is 0 Å². The summed E-state index contributed by atoms with van der Waals surface area (Å²) in [6.45, 7) is 1.27. The van der Waals surface area contributed by atoms with Crippen LogP contribution in [-0.4, -0.2) is 5.76 Å². The van der Waals surface area contributed by atoms with Crippen LogP contribution >= 0.6 is 34.7 Å². The summed E-state index contributed by atoms with van der Waals surface area (Å²) in [4.78, 5) is 1.14. The molecule has 2 aromatic rings. The summed E-state index contributed by atoms with van der Waals surface area (Å²) in [5, 5.41) is 3.21. The van der Waals surface area contributed by atoms with E-state index in [4.69, 9.17) is 16.0 Å². The highest BCUT2D eigenvalue weighted by atomic mass is 35.5. The van der Waals surface area contributed by atoms with Gasteiger partial charge in [-0.1, -0.05) is 23.4 Å². The van der Waals surface area contributed by atoms with Crippen LogP contribution in [0, 0.1) is 0 Å². The second-order valence-corrected chi connectivity index (χ2v) is 6.53. The van der Waals surface area contributed by atoms with Gasteiger partial charge in [-0.3, -0.25) is 0 Å². The summed E-state index contributed by atoms with van der Waals surface area (Å²) in [6.07, 6.45) is 0. The van der Waals surface area contributed by atoms with Gasteiger partial charge < -0.3 is 9.73 Å². The monoisotopic (exact) mass is 323 g/mol. The minimum atomic E-state index is -2.37. The molecule has 0 aliphatic rings. The van der Waals surface area contributed by atoms with Gasteiger partial charge in [0.1, 0.15) is 11.5 Å². The number of hydrogen-bond acceptors (Lipinski definition) is 4. The third-order valence-corrected chi connectivity index (χ3v) is 4.23. The molecule has 0 amide bonds. The molecule has 2 heterocycles. The molecule has 1 N–H and O–H groups in total. The van der Waals surface area contributed by atoms with Crippen LogP contribution < -0.4 is 5.32 Å². The van der Waals surface area contributed by atoms with E-state index in [0.29, 0.717) is 30.6 Å². The normalized spacial score (nSPS) is 11.4. The van der Waals surface area contributed by atoms with Gasteiger partial charge in [-0.05, 0) is 24.3 Å². The molecule has 0 radical (unpaired) electrons. The molecule has 2 nitrogen and oxygen atoms in total. The molecule has 0 saturated heterocycles. The second kappa shape index (κ2) is 7.28. The molecule has 0 bridgehead atoms. The maximum Gasteiger partial charge on any atom is 0.284 e. The molecule has 0 atom stereocenters. The summed E-state index contributed by atoms with van der Waals surface area (Å²) in [6, 6.07) is 7.35. The van der Waals surface area contributed by atoms with Crippen LogP contribution in [0.5, 0.6) is 0 Å². The van der Waals surface area contributed by atoms with Crippen molar-refractivity contribution in [2.75, 3.05) is 0 Å². The smallest absolute Gasteiger partial charge is 0.284 e. The zero-order valence-electron chi connectivity index (χ0n) is 9.87. The van der Waals surface area contributed by atoms with E-state index in [0.717, 1.165) is 15.0 Å². The highest BCUT2D eigenvalue weighted by Gasteiger charge is 2.07. The fourth-order valence-electron chi connectivity index (χ4n) is 1.50. The van der Waals surface area contributed by atoms with Crippen molar-refractivity contribution in [2.45, 2.75) is 24.6 Å². The Bertz CT molecular complexity index is 515. The van der Waals surface area contributed by atoms with Crippen molar-refractivity contribution in [1.29, 1.82) is 0 Å². The summed E-state index contributed by atoms with van der Waals surface area (Å²) >= 11 is 7.91. The lowest BCUT2D eigenvalue weighted by Crippen LogP contribution is -2.10. The number of halogens is 3. The number of thioether (sulfide) groups is 1. The standard InChI is InChI=1S/C12H12ClF2NOS2/c13-11-4-3-10(19-11)6-16-5-8-1-2-9(17-8)7-18-12(14)15/h1-4,12,16H,5-7H2. The van der Waals surface area contributed by atoms with E-state index >= 15 is 0 Å². The molecule has 2 rings (SSSR count). The molecule has 0 spiro atoms. The molecular weight excluding hydrogens is 312 g/mol. The van der Waals surface area contributed by atoms with Crippen molar-refractivity contribution in [3.8, 4) is 0 Å². The fourth-order valence-corrected chi connectivity index (χ4v) is 3.00. The first-order valence-electron chi connectivity index (χ1n) is 5.56. The summed E-state index contributed by atoms with van der Waals surface area (Å²) in [7, 11) is 0. The van der Waals surface area contributed by atoms with Crippen LogP contribution in [0.25, 0.3) is 0 Å².